The van der Waals surface area contributed by atoms with Gasteiger partial charge in [-0.25, -0.2) is 9.97 Å². The topological polar surface area (TPSA) is 56.1 Å². The summed E-state index contributed by atoms with van der Waals surface area (Å²) < 4.78 is 0. The Balaban J connectivity index is 1.79. The number of nitrogens with zero attached hydrogens (tertiary/aromatic N) is 5. The first kappa shape index (κ1) is 13.3. The molecule has 2 unspecified atom stereocenters. The minimum Gasteiger partial charge on any atom is -0.340 e. The molecule has 2 aliphatic rings. The highest BCUT2D eigenvalue weighted by atomic mass is 15.3. The summed E-state index contributed by atoms with van der Waals surface area (Å²) in [7, 11) is 2.24. The molecular formula is C15H21N5. The fourth-order valence-electron chi connectivity index (χ4n) is 3.59. The summed E-state index contributed by atoms with van der Waals surface area (Å²) in [6, 6.07) is 4.57. The number of fused-ring (bicyclic) bond motifs is 1. The van der Waals surface area contributed by atoms with Gasteiger partial charge >= 0.3 is 0 Å². The number of rotatable bonds is 1. The Hall–Kier alpha value is -1.67. The molecule has 2 atom stereocenters. The molecule has 5 nitrogen and oxygen atoms in total. The lowest BCUT2D eigenvalue weighted by Crippen LogP contribution is -2.53. The van der Waals surface area contributed by atoms with Gasteiger partial charge in [-0.3, -0.25) is 0 Å². The van der Waals surface area contributed by atoms with Crippen LogP contribution in [0.3, 0.4) is 0 Å². The maximum absolute atomic E-state index is 9.04. The molecule has 106 valence electrons. The van der Waals surface area contributed by atoms with Crippen molar-refractivity contribution in [1.82, 2.24) is 14.9 Å². The second-order valence-corrected chi connectivity index (χ2v) is 5.99. The molecule has 2 saturated heterocycles. The second kappa shape index (κ2) is 5.37. The zero-order chi connectivity index (χ0) is 14.1. The predicted molar refractivity (Wildman–Crippen MR) is 77.5 cm³/mol. The molecule has 20 heavy (non-hydrogen) atoms. The zero-order valence-corrected chi connectivity index (χ0v) is 12.2. The van der Waals surface area contributed by atoms with E-state index in [9.17, 15) is 0 Å². The van der Waals surface area contributed by atoms with Crippen molar-refractivity contribution in [2.45, 2.75) is 32.2 Å². The van der Waals surface area contributed by atoms with Crippen molar-refractivity contribution in [3.8, 4) is 6.07 Å². The number of likely N-dealkylation sites (tertiary alicyclic amines) is 1. The van der Waals surface area contributed by atoms with E-state index < -0.39 is 0 Å². The molecule has 0 N–H and O–H groups in total. The summed E-state index contributed by atoms with van der Waals surface area (Å²) >= 11 is 0. The van der Waals surface area contributed by atoms with E-state index in [4.69, 9.17) is 5.26 Å². The molecule has 2 fully saturated rings. The van der Waals surface area contributed by atoms with Crippen LogP contribution in [0, 0.1) is 24.2 Å². The molecule has 0 amide bonds. The van der Waals surface area contributed by atoms with Gasteiger partial charge in [0.05, 0.1) is 0 Å². The van der Waals surface area contributed by atoms with Crippen LogP contribution in [0.2, 0.25) is 0 Å². The van der Waals surface area contributed by atoms with Crippen LogP contribution in [0.1, 0.15) is 30.7 Å². The Bertz CT molecular complexity index is 536. The number of aromatic nitrogens is 2. The third-order valence-corrected chi connectivity index (χ3v) is 4.59. The monoisotopic (exact) mass is 271 g/mol. The molecule has 0 aliphatic carbocycles. The summed E-state index contributed by atoms with van der Waals surface area (Å²) in [5.41, 5.74) is 1.34. The normalized spacial score (nSPS) is 26.9. The highest BCUT2D eigenvalue weighted by Gasteiger charge is 2.35. The van der Waals surface area contributed by atoms with Gasteiger partial charge in [-0.2, -0.15) is 5.26 Å². The van der Waals surface area contributed by atoms with Crippen molar-refractivity contribution in [2.24, 2.45) is 5.92 Å². The van der Waals surface area contributed by atoms with Crippen LogP contribution in [0.5, 0.6) is 0 Å². The second-order valence-electron chi connectivity index (χ2n) is 5.99. The van der Waals surface area contributed by atoms with Crippen LogP contribution in [-0.2, 0) is 0 Å². The van der Waals surface area contributed by atoms with E-state index in [-0.39, 0.29) is 0 Å². The van der Waals surface area contributed by atoms with Crippen LogP contribution < -0.4 is 4.90 Å². The number of anilines is 1. The molecule has 0 aromatic carbocycles. The molecule has 2 aliphatic heterocycles. The van der Waals surface area contributed by atoms with E-state index in [1.165, 1.54) is 25.8 Å². The summed E-state index contributed by atoms with van der Waals surface area (Å²) in [6.45, 7) is 5.15. The Kier molecular flexibility index (Phi) is 3.58. The van der Waals surface area contributed by atoms with Gasteiger partial charge in [-0.1, -0.05) is 0 Å². The molecule has 0 bridgehead atoms. The van der Waals surface area contributed by atoms with Gasteiger partial charge in [-0.05, 0) is 51.8 Å². The zero-order valence-electron chi connectivity index (χ0n) is 12.2. The van der Waals surface area contributed by atoms with Crippen molar-refractivity contribution in [3.05, 3.63) is 17.5 Å². The molecule has 1 aromatic rings. The van der Waals surface area contributed by atoms with E-state index >= 15 is 0 Å². The van der Waals surface area contributed by atoms with Crippen molar-refractivity contribution in [1.29, 1.82) is 5.26 Å². The smallest absolute Gasteiger partial charge is 0.226 e. The van der Waals surface area contributed by atoms with Crippen LogP contribution >= 0.6 is 0 Å². The number of hydrogen-bond donors (Lipinski definition) is 0. The van der Waals surface area contributed by atoms with Crippen LogP contribution in [0.4, 0.5) is 5.95 Å². The van der Waals surface area contributed by atoms with Crippen LogP contribution in [-0.4, -0.2) is 47.6 Å². The molecule has 3 rings (SSSR count). The lowest BCUT2D eigenvalue weighted by molar-refractivity contribution is 0.102. The Morgan fingerprint density at radius 2 is 2.15 bits per heavy atom. The Morgan fingerprint density at radius 1 is 1.30 bits per heavy atom. The summed E-state index contributed by atoms with van der Waals surface area (Å²) in [6.07, 6.45) is 3.74. The van der Waals surface area contributed by atoms with E-state index in [1.54, 1.807) is 6.07 Å². The standard InChI is InChI=1S/C15H21N5/c1-11-8-13(9-16)18-15(17-11)20-7-5-14-12(10-20)4-3-6-19(14)2/h8,12,14H,3-7,10H2,1-2H3. The summed E-state index contributed by atoms with van der Waals surface area (Å²) in [4.78, 5) is 13.6. The predicted octanol–water partition coefficient (Wildman–Crippen LogP) is 1.58. The first-order valence-electron chi connectivity index (χ1n) is 7.38. The quantitative estimate of drug-likeness (QED) is 0.776. The SMILES string of the molecule is Cc1cc(C#N)nc(N2CCC3C(CCCN3C)C2)n1. The van der Waals surface area contributed by atoms with E-state index in [0.717, 1.165) is 24.7 Å². The molecule has 0 spiro atoms. The first-order valence-corrected chi connectivity index (χ1v) is 7.38. The minimum atomic E-state index is 0.468. The average Bonchev–Trinajstić information content (AvgIpc) is 2.46. The molecular weight excluding hydrogens is 250 g/mol. The Morgan fingerprint density at radius 3 is 2.95 bits per heavy atom. The molecule has 1 aromatic heterocycles. The van der Waals surface area contributed by atoms with Crippen molar-refractivity contribution in [2.75, 3.05) is 31.6 Å². The minimum absolute atomic E-state index is 0.468. The summed E-state index contributed by atoms with van der Waals surface area (Å²) in [5.74, 6) is 1.44. The maximum atomic E-state index is 9.04. The average molecular weight is 271 g/mol. The fraction of sp³-hybridized carbons (Fsp3) is 0.667. The summed E-state index contributed by atoms with van der Waals surface area (Å²) in [5, 5.41) is 9.04. The third-order valence-electron chi connectivity index (χ3n) is 4.59. The van der Waals surface area contributed by atoms with Crippen molar-refractivity contribution in [3.63, 3.8) is 0 Å². The van der Waals surface area contributed by atoms with E-state index in [1.807, 2.05) is 6.92 Å². The highest BCUT2D eigenvalue weighted by Crippen LogP contribution is 2.30. The van der Waals surface area contributed by atoms with Crippen molar-refractivity contribution < 1.29 is 0 Å². The van der Waals surface area contributed by atoms with Crippen molar-refractivity contribution >= 4 is 5.95 Å². The highest BCUT2D eigenvalue weighted by molar-refractivity contribution is 5.36. The largest absolute Gasteiger partial charge is 0.340 e. The first-order chi connectivity index (χ1) is 9.67. The van der Waals surface area contributed by atoms with Gasteiger partial charge in [0, 0.05) is 24.8 Å². The number of nitriles is 1. The maximum Gasteiger partial charge on any atom is 0.226 e. The van der Waals surface area contributed by atoms with Gasteiger partial charge in [0.2, 0.25) is 5.95 Å². The fourth-order valence-corrected chi connectivity index (χ4v) is 3.59. The molecule has 0 radical (unpaired) electrons. The van der Waals surface area contributed by atoms with Crippen LogP contribution in [0.15, 0.2) is 6.07 Å². The van der Waals surface area contributed by atoms with Gasteiger partial charge < -0.3 is 9.80 Å². The lowest BCUT2D eigenvalue weighted by Gasteiger charge is -2.46. The number of piperidine rings is 2. The van der Waals surface area contributed by atoms with E-state index in [0.29, 0.717) is 17.7 Å². The van der Waals surface area contributed by atoms with E-state index in [2.05, 4.69) is 32.9 Å². The molecule has 5 heteroatoms. The lowest BCUT2D eigenvalue weighted by atomic mass is 9.84. The molecule has 0 saturated carbocycles. The van der Waals surface area contributed by atoms with Gasteiger partial charge in [-0.15, -0.1) is 0 Å². The number of hydrogen-bond acceptors (Lipinski definition) is 5. The molecule has 3 heterocycles. The number of aryl methyl sites for hydroxylation is 1. The Labute approximate surface area is 120 Å². The van der Waals surface area contributed by atoms with Gasteiger partial charge in [0.15, 0.2) is 0 Å². The van der Waals surface area contributed by atoms with Gasteiger partial charge in [0.25, 0.3) is 0 Å². The van der Waals surface area contributed by atoms with Crippen LogP contribution in [0.25, 0.3) is 0 Å². The third kappa shape index (κ3) is 2.48. The van der Waals surface area contributed by atoms with Gasteiger partial charge in [0.1, 0.15) is 11.8 Å².